The quantitative estimate of drug-likeness (QED) is 0.879. The number of rotatable bonds is 4. The summed E-state index contributed by atoms with van der Waals surface area (Å²) < 4.78 is 8.69. The molecule has 1 saturated heterocycles. The van der Waals surface area contributed by atoms with E-state index in [4.69, 9.17) is 17.0 Å². The average Bonchev–Trinajstić information content (AvgIpc) is 2.97. The van der Waals surface area contributed by atoms with Gasteiger partial charge in [0.15, 0.2) is 4.77 Å². The molecule has 0 aliphatic carbocycles. The number of imidazole rings is 1. The molecule has 0 bridgehead atoms. The average molecular weight is 291 g/mol. The van der Waals surface area contributed by atoms with Crippen molar-refractivity contribution in [2.45, 2.75) is 19.9 Å². The molecule has 1 atom stereocenters. The molecule has 3 rings (SSSR count). The topological polar surface area (TPSA) is 33.2 Å². The summed E-state index contributed by atoms with van der Waals surface area (Å²) in [5.74, 6) is 1.57. The number of hydrogen-bond acceptors (Lipinski definition) is 3. The third kappa shape index (κ3) is 2.47. The van der Waals surface area contributed by atoms with Crippen LogP contribution in [0.15, 0.2) is 18.2 Å². The molecule has 1 aromatic heterocycles. The van der Waals surface area contributed by atoms with Gasteiger partial charge in [0.2, 0.25) is 0 Å². The molecule has 20 heavy (non-hydrogen) atoms. The summed E-state index contributed by atoms with van der Waals surface area (Å²) >= 11 is 5.50. The number of nitrogens with one attached hydrogen (secondary N) is 1. The molecule has 0 radical (unpaired) electrons. The fourth-order valence-electron chi connectivity index (χ4n) is 3.04. The van der Waals surface area contributed by atoms with Crippen LogP contribution < -0.4 is 4.74 Å². The van der Waals surface area contributed by atoms with E-state index in [2.05, 4.69) is 27.6 Å². The molecular formula is C15H21N3OS. The maximum Gasteiger partial charge on any atom is 0.178 e. The summed E-state index contributed by atoms with van der Waals surface area (Å²) in [6, 6.07) is 6.14. The molecule has 0 saturated carbocycles. The molecule has 1 aliphatic rings. The molecule has 2 heterocycles. The maximum absolute atomic E-state index is 5.68. The predicted molar refractivity (Wildman–Crippen MR) is 83.9 cm³/mol. The smallest absolute Gasteiger partial charge is 0.178 e. The first-order valence-electron chi connectivity index (χ1n) is 7.22. The second kappa shape index (κ2) is 5.58. The van der Waals surface area contributed by atoms with Crippen LogP contribution in [0, 0.1) is 10.7 Å². The summed E-state index contributed by atoms with van der Waals surface area (Å²) in [5.41, 5.74) is 2.17. The number of nitrogens with zero attached hydrogens (tertiary/aromatic N) is 2. The number of hydrogen-bond donors (Lipinski definition) is 1. The molecule has 1 aromatic carbocycles. The van der Waals surface area contributed by atoms with E-state index in [1.54, 1.807) is 0 Å². The van der Waals surface area contributed by atoms with Crippen molar-refractivity contribution in [3.05, 3.63) is 23.0 Å². The molecule has 108 valence electrons. The summed E-state index contributed by atoms with van der Waals surface area (Å²) in [6.45, 7) is 5.99. The number of fused-ring (bicyclic) bond motifs is 1. The van der Waals surface area contributed by atoms with Crippen LogP contribution in [0.5, 0.6) is 5.75 Å². The second-order valence-corrected chi connectivity index (χ2v) is 5.93. The summed E-state index contributed by atoms with van der Waals surface area (Å²) in [6.07, 6.45) is 1.25. The van der Waals surface area contributed by atoms with Gasteiger partial charge < -0.3 is 19.2 Å². The van der Waals surface area contributed by atoms with E-state index < -0.39 is 0 Å². The van der Waals surface area contributed by atoms with Crippen molar-refractivity contribution in [3.63, 3.8) is 0 Å². The minimum atomic E-state index is 0.665. The van der Waals surface area contributed by atoms with Crippen LogP contribution in [0.25, 0.3) is 11.0 Å². The van der Waals surface area contributed by atoms with E-state index in [0.717, 1.165) is 34.6 Å². The maximum atomic E-state index is 5.68. The highest BCUT2D eigenvalue weighted by Gasteiger charge is 2.21. The SMILES string of the molecule is CCOc1cccc2c1[nH]c(=S)n2CC1CCN(C)C1. The lowest BCUT2D eigenvalue weighted by Gasteiger charge is -2.12. The largest absolute Gasteiger partial charge is 0.492 e. The Kier molecular flexibility index (Phi) is 3.81. The normalized spacial score (nSPS) is 19.8. The van der Waals surface area contributed by atoms with E-state index in [-0.39, 0.29) is 0 Å². The Hall–Kier alpha value is -1.33. The zero-order valence-electron chi connectivity index (χ0n) is 12.1. The molecule has 1 fully saturated rings. The van der Waals surface area contributed by atoms with Crippen LogP contribution in [0.4, 0.5) is 0 Å². The summed E-state index contributed by atoms with van der Waals surface area (Å²) in [5, 5.41) is 0. The van der Waals surface area contributed by atoms with E-state index in [9.17, 15) is 0 Å². The minimum Gasteiger partial charge on any atom is -0.492 e. The van der Waals surface area contributed by atoms with E-state index in [1.807, 2.05) is 19.1 Å². The predicted octanol–water partition coefficient (Wildman–Crippen LogP) is 3.05. The summed E-state index contributed by atoms with van der Waals surface area (Å²) in [4.78, 5) is 5.69. The highest BCUT2D eigenvalue weighted by molar-refractivity contribution is 7.71. The van der Waals surface area contributed by atoms with Crippen molar-refractivity contribution >= 4 is 23.3 Å². The number of benzene rings is 1. The van der Waals surface area contributed by atoms with Crippen molar-refractivity contribution in [2.75, 3.05) is 26.7 Å². The van der Waals surface area contributed by atoms with E-state index in [0.29, 0.717) is 12.5 Å². The standard InChI is InChI=1S/C15H21N3OS/c1-3-19-13-6-4-5-12-14(13)16-15(20)18(12)10-11-7-8-17(2)9-11/h4-6,11H,3,7-10H2,1-2H3,(H,16,20). The van der Waals surface area contributed by atoms with Gasteiger partial charge in [-0.1, -0.05) is 6.07 Å². The van der Waals surface area contributed by atoms with Crippen molar-refractivity contribution < 1.29 is 4.74 Å². The fraction of sp³-hybridized carbons (Fsp3) is 0.533. The molecule has 0 spiro atoms. The van der Waals surface area contributed by atoms with Gasteiger partial charge >= 0.3 is 0 Å². The number of aromatic amines is 1. The molecular weight excluding hydrogens is 270 g/mol. The zero-order valence-corrected chi connectivity index (χ0v) is 12.9. The Morgan fingerprint density at radius 1 is 1.45 bits per heavy atom. The Labute approximate surface area is 124 Å². The number of para-hydroxylation sites is 1. The van der Waals surface area contributed by atoms with E-state index >= 15 is 0 Å². The van der Waals surface area contributed by atoms with Gasteiger partial charge in [0, 0.05) is 13.1 Å². The van der Waals surface area contributed by atoms with Crippen LogP contribution in [-0.4, -0.2) is 41.2 Å². The van der Waals surface area contributed by atoms with Crippen molar-refractivity contribution in [1.82, 2.24) is 14.5 Å². The first-order chi connectivity index (χ1) is 9.69. The van der Waals surface area contributed by atoms with Gasteiger partial charge in [-0.3, -0.25) is 0 Å². The highest BCUT2D eigenvalue weighted by Crippen LogP contribution is 2.27. The molecule has 4 nitrogen and oxygen atoms in total. The van der Waals surface area contributed by atoms with Crippen LogP contribution in [0.3, 0.4) is 0 Å². The van der Waals surface area contributed by atoms with Crippen LogP contribution >= 0.6 is 12.2 Å². The fourth-order valence-corrected chi connectivity index (χ4v) is 3.32. The van der Waals surface area contributed by atoms with Crippen LogP contribution in [0.2, 0.25) is 0 Å². The first-order valence-corrected chi connectivity index (χ1v) is 7.62. The number of aromatic nitrogens is 2. The van der Waals surface area contributed by atoms with Gasteiger partial charge in [-0.25, -0.2) is 0 Å². The Morgan fingerprint density at radius 3 is 3.00 bits per heavy atom. The molecule has 2 aromatic rings. The van der Waals surface area contributed by atoms with Crippen molar-refractivity contribution in [2.24, 2.45) is 5.92 Å². The Bertz CT molecular complexity index is 661. The highest BCUT2D eigenvalue weighted by atomic mass is 32.1. The van der Waals surface area contributed by atoms with E-state index in [1.165, 1.54) is 13.0 Å². The number of ether oxygens (including phenoxy) is 1. The third-order valence-electron chi connectivity index (χ3n) is 4.00. The lowest BCUT2D eigenvalue weighted by Crippen LogP contribution is -2.17. The van der Waals surface area contributed by atoms with Gasteiger partial charge in [0.1, 0.15) is 11.3 Å². The van der Waals surface area contributed by atoms with Crippen molar-refractivity contribution in [1.29, 1.82) is 0 Å². The monoisotopic (exact) mass is 291 g/mol. The Balaban J connectivity index is 1.96. The lowest BCUT2D eigenvalue weighted by molar-refractivity contribution is 0.343. The van der Waals surface area contributed by atoms with Gasteiger partial charge in [-0.2, -0.15) is 0 Å². The number of H-pyrrole nitrogens is 1. The van der Waals surface area contributed by atoms with Crippen molar-refractivity contribution in [3.8, 4) is 5.75 Å². The van der Waals surface area contributed by atoms with Crippen LogP contribution in [0.1, 0.15) is 13.3 Å². The molecule has 1 unspecified atom stereocenters. The zero-order chi connectivity index (χ0) is 14.1. The minimum absolute atomic E-state index is 0.665. The Morgan fingerprint density at radius 2 is 2.30 bits per heavy atom. The van der Waals surface area contributed by atoms with Gasteiger partial charge in [0.25, 0.3) is 0 Å². The summed E-state index contributed by atoms with van der Waals surface area (Å²) in [7, 11) is 2.18. The lowest BCUT2D eigenvalue weighted by atomic mass is 10.1. The molecule has 0 amide bonds. The first kappa shape index (κ1) is 13.6. The van der Waals surface area contributed by atoms with Crippen LogP contribution in [-0.2, 0) is 6.54 Å². The third-order valence-corrected chi connectivity index (χ3v) is 4.32. The van der Waals surface area contributed by atoms with Gasteiger partial charge in [0.05, 0.1) is 12.1 Å². The number of likely N-dealkylation sites (tertiary alicyclic amines) is 1. The molecule has 5 heteroatoms. The molecule has 1 N–H and O–H groups in total. The van der Waals surface area contributed by atoms with Gasteiger partial charge in [-0.15, -0.1) is 0 Å². The molecule has 1 aliphatic heterocycles. The second-order valence-electron chi connectivity index (χ2n) is 5.54. The van der Waals surface area contributed by atoms with Gasteiger partial charge in [-0.05, 0) is 57.2 Å².